The Balaban J connectivity index is 1.86. The van der Waals surface area contributed by atoms with Crippen molar-refractivity contribution in [2.24, 2.45) is 0 Å². The van der Waals surface area contributed by atoms with Gasteiger partial charge in [0, 0.05) is 18.5 Å². The topological polar surface area (TPSA) is 92.3 Å². The zero-order valence-electron chi connectivity index (χ0n) is 14.1. The second-order valence-electron chi connectivity index (χ2n) is 5.76. The lowest BCUT2D eigenvalue weighted by Crippen LogP contribution is -2.31. The molecular weight excluding hydrogens is 340 g/mol. The molecule has 2 rings (SSSR count). The highest BCUT2D eigenvalue weighted by atomic mass is 32.2. The Hall–Kier alpha value is -2.67. The van der Waals surface area contributed by atoms with E-state index < -0.39 is 15.9 Å². The first-order valence-electron chi connectivity index (χ1n) is 7.75. The third-order valence-electron chi connectivity index (χ3n) is 3.49. The molecule has 2 amide bonds. The number of nitrogens with one attached hydrogen (secondary N) is 2. The molecule has 0 saturated heterocycles. The summed E-state index contributed by atoms with van der Waals surface area (Å²) in [7, 11) is -3.92. The van der Waals surface area contributed by atoms with Crippen LogP contribution in [0.25, 0.3) is 0 Å². The molecule has 2 N–H and O–H groups in total. The number of benzene rings is 2. The normalized spacial score (nSPS) is 11.0. The Bertz CT molecular complexity index is 857. The number of aryl methyl sites for hydroxylation is 2. The van der Waals surface area contributed by atoms with E-state index >= 15 is 0 Å². The summed E-state index contributed by atoms with van der Waals surface area (Å²) < 4.78 is 26.1. The Kier molecular flexibility index (Phi) is 5.93. The largest absolute Gasteiger partial charge is 0.326 e. The van der Waals surface area contributed by atoms with Gasteiger partial charge in [-0.15, -0.1) is 0 Å². The summed E-state index contributed by atoms with van der Waals surface area (Å²) in [6.07, 6.45) is -0.327. The summed E-state index contributed by atoms with van der Waals surface area (Å²) in [5.41, 5.74) is 2.61. The van der Waals surface area contributed by atoms with E-state index in [9.17, 15) is 18.0 Å². The van der Waals surface area contributed by atoms with Crippen LogP contribution in [0.2, 0.25) is 0 Å². The lowest BCUT2D eigenvalue weighted by atomic mass is 10.2. The van der Waals surface area contributed by atoms with E-state index in [4.69, 9.17) is 0 Å². The van der Waals surface area contributed by atoms with Crippen LogP contribution in [0.15, 0.2) is 53.4 Å². The predicted octanol–water partition coefficient (Wildman–Crippen LogP) is 2.53. The molecule has 132 valence electrons. The number of carbonyl (C=O) groups is 2. The first kappa shape index (κ1) is 18.7. The summed E-state index contributed by atoms with van der Waals surface area (Å²) in [5.74, 6) is -1.08. The van der Waals surface area contributed by atoms with Crippen molar-refractivity contribution in [1.82, 2.24) is 4.72 Å². The van der Waals surface area contributed by atoms with Gasteiger partial charge < -0.3 is 5.32 Å². The molecule has 2 aromatic rings. The number of anilines is 1. The lowest BCUT2D eigenvalue weighted by Gasteiger charge is -2.08. The van der Waals surface area contributed by atoms with Crippen molar-refractivity contribution < 1.29 is 18.0 Å². The SMILES string of the molecule is Cc1ccc(NC(=O)CCC(=O)NS(=O)(=O)c2ccc(C)cc2)cc1. The monoisotopic (exact) mass is 360 g/mol. The van der Waals surface area contributed by atoms with Gasteiger partial charge in [0.15, 0.2) is 0 Å². The van der Waals surface area contributed by atoms with Crippen molar-refractivity contribution in [3.05, 3.63) is 59.7 Å². The molecule has 6 nitrogen and oxygen atoms in total. The maximum absolute atomic E-state index is 12.1. The van der Waals surface area contributed by atoms with Gasteiger partial charge in [-0.2, -0.15) is 0 Å². The highest BCUT2D eigenvalue weighted by Gasteiger charge is 2.18. The molecule has 0 aliphatic carbocycles. The van der Waals surface area contributed by atoms with E-state index in [2.05, 4.69) is 5.32 Å². The van der Waals surface area contributed by atoms with E-state index in [1.54, 1.807) is 24.3 Å². The fraction of sp³-hybridized carbons (Fsp3) is 0.222. The van der Waals surface area contributed by atoms with Gasteiger partial charge in [0.25, 0.3) is 10.0 Å². The molecule has 0 saturated carbocycles. The van der Waals surface area contributed by atoms with E-state index in [1.807, 2.05) is 30.7 Å². The van der Waals surface area contributed by atoms with Gasteiger partial charge >= 0.3 is 0 Å². The Labute approximate surface area is 147 Å². The van der Waals surface area contributed by atoms with Crippen LogP contribution >= 0.6 is 0 Å². The molecule has 25 heavy (non-hydrogen) atoms. The molecule has 7 heteroatoms. The molecule has 0 spiro atoms. The molecule has 2 aromatic carbocycles. The van der Waals surface area contributed by atoms with E-state index in [0.29, 0.717) is 5.69 Å². The van der Waals surface area contributed by atoms with Crippen LogP contribution in [0.3, 0.4) is 0 Å². The zero-order chi connectivity index (χ0) is 18.4. The van der Waals surface area contributed by atoms with Gasteiger partial charge in [-0.3, -0.25) is 9.59 Å². The molecule has 0 aromatic heterocycles. The molecule has 0 atom stereocenters. The minimum absolute atomic E-state index is 0.00977. The van der Waals surface area contributed by atoms with Crippen molar-refractivity contribution >= 4 is 27.5 Å². The van der Waals surface area contributed by atoms with Crippen LogP contribution in [0.4, 0.5) is 5.69 Å². The van der Waals surface area contributed by atoms with Crippen LogP contribution in [-0.2, 0) is 19.6 Å². The fourth-order valence-corrected chi connectivity index (χ4v) is 3.08. The second kappa shape index (κ2) is 7.94. The van der Waals surface area contributed by atoms with E-state index in [0.717, 1.165) is 11.1 Å². The lowest BCUT2D eigenvalue weighted by molar-refractivity contribution is -0.123. The molecular formula is C18H20N2O4S. The standard InChI is InChI=1S/C18H20N2O4S/c1-13-3-7-15(8-4-13)19-17(21)11-12-18(22)20-25(23,24)16-9-5-14(2)6-10-16/h3-10H,11-12H2,1-2H3,(H,19,21)(H,20,22). The summed E-state index contributed by atoms with van der Waals surface area (Å²) in [4.78, 5) is 23.7. The number of rotatable bonds is 6. The maximum Gasteiger partial charge on any atom is 0.264 e. The first-order chi connectivity index (χ1) is 11.8. The predicted molar refractivity (Wildman–Crippen MR) is 95.6 cm³/mol. The number of hydrogen-bond acceptors (Lipinski definition) is 4. The van der Waals surface area contributed by atoms with Crippen LogP contribution < -0.4 is 10.0 Å². The molecule has 0 aliphatic heterocycles. The minimum atomic E-state index is -3.92. The first-order valence-corrected chi connectivity index (χ1v) is 9.23. The third kappa shape index (κ3) is 5.72. The molecule has 0 fully saturated rings. The van der Waals surface area contributed by atoms with Crippen LogP contribution in [0, 0.1) is 13.8 Å². The van der Waals surface area contributed by atoms with Gasteiger partial charge in [0.1, 0.15) is 0 Å². The summed E-state index contributed by atoms with van der Waals surface area (Å²) >= 11 is 0. The van der Waals surface area contributed by atoms with Crippen molar-refractivity contribution in [1.29, 1.82) is 0 Å². The maximum atomic E-state index is 12.1. The Morgan fingerprint density at radius 2 is 1.28 bits per heavy atom. The average molecular weight is 360 g/mol. The third-order valence-corrected chi connectivity index (χ3v) is 4.88. The van der Waals surface area contributed by atoms with E-state index in [1.165, 1.54) is 12.1 Å². The fourth-order valence-electron chi connectivity index (χ4n) is 2.06. The van der Waals surface area contributed by atoms with Crippen molar-refractivity contribution in [3.63, 3.8) is 0 Å². The molecule has 0 radical (unpaired) electrons. The van der Waals surface area contributed by atoms with Crippen LogP contribution in [-0.4, -0.2) is 20.2 Å². The van der Waals surface area contributed by atoms with Gasteiger partial charge in [-0.1, -0.05) is 35.4 Å². The van der Waals surface area contributed by atoms with Gasteiger partial charge in [-0.05, 0) is 38.1 Å². The molecule has 0 bridgehead atoms. The number of amides is 2. The zero-order valence-corrected chi connectivity index (χ0v) is 14.9. The molecule has 0 heterocycles. The van der Waals surface area contributed by atoms with Gasteiger partial charge in [-0.25, -0.2) is 13.1 Å². The highest BCUT2D eigenvalue weighted by Crippen LogP contribution is 2.11. The second-order valence-corrected chi connectivity index (χ2v) is 7.44. The van der Waals surface area contributed by atoms with Crippen molar-refractivity contribution in [3.8, 4) is 0 Å². The minimum Gasteiger partial charge on any atom is -0.326 e. The summed E-state index contributed by atoms with van der Waals surface area (Å²) in [6.45, 7) is 3.77. The quantitative estimate of drug-likeness (QED) is 0.828. The molecule has 0 aliphatic rings. The smallest absolute Gasteiger partial charge is 0.264 e. The van der Waals surface area contributed by atoms with Gasteiger partial charge in [0.2, 0.25) is 11.8 Å². The Morgan fingerprint density at radius 3 is 1.84 bits per heavy atom. The average Bonchev–Trinajstić information content (AvgIpc) is 2.55. The molecule has 0 unspecified atom stereocenters. The van der Waals surface area contributed by atoms with E-state index in [-0.39, 0.29) is 23.6 Å². The van der Waals surface area contributed by atoms with Crippen LogP contribution in [0.5, 0.6) is 0 Å². The highest BCUT2D eigenvalue weighted by molar-refractivity contribution is 7.90. The number of hydrogen-bond donors (Lipinski definition) is 2. The number of sulfonamides is 1. The Morgan fingerprint density at radius 1 is 0.800 bits per heavy atom. The van der Waals surface area contributed by atoms with Gasteiger partial charge in [0.05, 0.1) is 4.90 Å². The number of carbonyl (C=O) groups excluding carboxylic acids is 2. The van der Waals surface area contributed by atoms with Crippen LogP contribution in [0.1, 0.15) is 24.0 Å². The van der Waals surface area contributed by atoms with Crippen molar-refractivity contribution in [2.45, 2.75) is 31.6 Å². The summed E-state index contributed by atoms with van der Waals surface area (Å²) in [5, 5.41) is 2.66. The summed E-state index contributed by atoms with van der Waals surface area (Å²) in [6, 6.07) is 13.4. The van der Waals surface area contributed by atoms with Crippen molar-refractivity contribution in [2.75, 3.05) is 5.32 Å².